The van der Waals surface area contributed by atoms with Crippen LogP contribution in [0, 0.1) is 6.92 Å². The van der Waals surface area contributed by atoms with E-state index in [9.17, 15) is 0 Å². The van der Waals surface area contributed by atoms with E-state index >= 15 is 0 Å². The first-order valence-corrected chi connectivity index (χ1v) is 7.28. The molecule has 0 unspecified atom stereocenters. The fourth-order valence-electron chi connectivity index (χ4n) is 2.03. The lowest BCUT2D eigenvalue weighted by atomic mass is 10.3. The van der Waals surface area contributed by atoms with Crippen LogP contribution in [0.4, 0.5) is 5.95 Å². The maximum Gasteiger partial charge on any atom is 0.201 e. The largest absolute Gasteiger partial charge is 0.369 e. The van der Waals surface area contributed by atoms with Gasteiger partial charge in [-0.15, -0.1) is 11.3 Å². The average Bonchev–Trinajstić information content (AvgIpc) is 2.87. The second-order valence-electron chi connectivity index (χ2n) is 4.32. The molecule has 0 aliphatic carbocycles. The molecule has 0 aliphatic heterocycles. The van der Waals surface area contributed by atoms with Gasteiger partial charge in [-0.2, -0.15) is 0 Å². The molecule has 0 spiro atoms. The van der Waals surface area contributed by atoms with E-state index in [4.69, 9.17) is 28.9 Å². The summed E-state index contributed by atoms with van der Waals surface area (Å²) in [6.07, 6.45) is 0. The molecule has 3 aromatic rings. The van der Waals surface area contributed by atoms with Crippen molar-refractivity contribution < 1.29 is 0 Å². The molecular weight excluding hydrogens is 301 g/mol. The van der Waals surface area contributed by atoms with E-state index in [1.807, 2.05) is 10.6 Å². The van der Waals surface area contributed by atoms with Crippen LogP contribution in [0.3, 0.4) is 0 Å². The Morgan fingerprint density at radius 3 is 2.68 bits per heavy atom. The molecule has 98 valence electrons. The molecule has 3 nitrogen and oxygen atoms in total. The Labute approximate surface area is 124 Å². The first-order chi connectivity index (χ1) is 9.04. The molecule has 2 N–H and O–H groups in total. The highest BCUT2D eigenvalue weighted by Gasteiger charge is 2.12. The van der Waals surface area contributed by atoms with Gasteiger partial charge in [-0.05, 0) is 31.2 Å². The average molecular weight is 312 g/mol. The Morgan fingerprint density at radius 1 is 1.26 bits per heavy atom. The number of aryl methyl sites for hydroxylation is 1. The SMILES string of the molecule is Cc1ccc(Cn2c(N)nc3cc(Cl)c(Cl)cc32)s1. The van der Waals surface area contributed by atoms with Gasteiger partial charge in [-0.1, -0.05) is 23.2 Å². The molecule has 0 saturated carbocycles. The number of anilines is 1. The van der Waals surface area contributed by atoms with Gasteiger partial charge in [0.05, 0.1) is 27.6 Å². The molecule has 0 saturated heterocycles. The van der Waals surface area contributed by atoms with Crippen LogP contribution in [0.25, 0.3) is 11.0 Å². The normalized spacial score (nSPS) is 11.3. The van der Waals surface area contributed by atoms with Gasteiger partial charge < -0.3 is 10.3 Å². The van der Waals surface area contributed by atoms with Crippen molar-refractivity contribution in [1.29, 1.82) is 0 Å². The van der Waals surface area contributed by atoms with Crippen molar-refractivity contribution in [3.8, 4) is 0 Å². The predicted octanol–water partition coefficient (Wildman–Crippen LogP) is 4.34. The van der Waals surface area contributed by atoms with Crippen LogP contribution in [0.2, 0.25) is 10.0 Å². The molecule has 0 radical (unpaired) electrons. The van der Waals surface area contributed by atoms with Gasteiger partial charge in [0.1, 0.15) is 0 Å². The summed E-state index contributed by atoms with van der Waals surface area (Å²) in [6.45, 7) is 2.78. The summed E-state index contributed by atoms with van der Waals surface area (Å²) in [5.74, 6) is 0.472. The van der Waals surface area contributed by atoms with Crippen LogP contribution in [-0.4, -0.2) is 9.55 Å². The third kappa shape index (κ3) is 2.31. The maximum absolute atomic E-state index is 6.06. The number of halogens is 2. The van der Waals surface area contributed by atoms with E-state index in [2.05, 4.69) is 24.0 Å². The molecule has 0 fully saturated rings. The Morgan fingerprint density at radius 2 is 2.00 bits per heavy atom. The number of imidazole rings is 1. The maximum atomic E-state index is 6.06. The Kier molecular flexibility index (Phi) is 3.17. The van der Waals surface area contributed by atoms with E-state index < -0.39 is 0 Å². The highest BCUT2D eigenvalue weighted by molar-refractivity contribution is 7.11. The number of rotatable bonds is 2. The number of thiophene rings is 1. The minimum absolute atomic E-state index is 0.472. The van der Waals surface area contributed by atoms with Crippen LogP contribution in [0.5, 0.6) is 0 Å². The fraction of sp³-hybridized carbons (Fsp3) is 0.154. The number of benzene rings is 1. The summed E-state index contributed by atoms with van der Waals surface area (Å²) in [4.78, 5) is 6.83. The molecule has 0 aliphatic rings. The van der Waals surface area contributed by atoms with Crippen LogP contribution in [-0.2, 0) is 6.54 Å². The molecule has 0 atom stereocenters. The van der Waals surface area contributed by atoms with Crippen molar-refractivity contribution in [2.45, 2.75) is 13.5 Å². The minimum atomic E-state index is 0.472. The molecule has 2 aromatic heterocycles. The number of aromatic nitrogens is 2. The first-order valence-electron chi connectivity index (χ1n) is 5.70. The molecule has 1 aromatic carbocycles. The number of hydrogen-bond acceptors (Lipinski definition) is 3. The molecule has 2 heterocycles. The lowest BCUT2D eigenvalue weighted by Gasteiger charge is -2.05. The van der Waals surface area contributed by atoms with Crippen LogP contribution in [0.15, 0.2) is 24.3 Å². The summed E-state index contributed by atoms with van der Waals surface area (Å²) in [5.41, 5.74) is 7.64. The Balaban J connectivity index is 2.12. The molecular formula is C13H11Cl2N3S. The Bertz CT molecular complexity index is 761. The van der Waals surface area contributed by atoms with Crippen molar-refractivity contribution in [1.82, 2.24) is 9.55 Å². The van der Waals surface area contributed by atoms with Gasteiger partial charge in [-0.25, -0.2) is 4.98 Å². The predicted molar refractivity (Wildman–Crippen MR) is 82.3 cm³/mol. The van der Waals surface area contributed by atoms with Crippen LogP contribution >= 0.6 is 34.5 Å². The van der Waals surface area contributed by atoms with E-state index in [-0.39, 0.29) is 0 Å². The standard InChI is InChI=1S/C13H11Cl2N3S/c1-7-2-3-8(19-7)6-18-12-5-10(15)9(14)4-11(12)17-13(18)16/h2-5H,6H2,1H3,(H2,16,17). The number of nitrogens with zero attached hydrogens (tertiary/aromatic N) is 2. The third-order valence-corrected chi connectivity index (χ3v) is 4.64. The summed E-state index contributed by atoms with van der Waals surface area (Å²) < 4.78 is 1.95. The zero-order valence-corrected chi connectivity index (χ0v) is 12.5. The number of nitrogen functional groups attached to an aromatic ring is 1. The number of nitrogens with two attached hydrogens (primary N) is 1. The lowest BCUT2D eigenvalue weighted by molar-refractivity contribution is 0.853. The van der Waals surface area contributed by atoms with Gasteiger partial charge in [-0.3, -0.25) is 0 Å². The highest BCUT2D eigenvalue weighted by atomic mass is 35.5. The van der Waals surface area contributed by atoms with Crippen molar-refractivity contribution >= 4 is 51.5 Å². The van der Waals surface area contributed by atoms with Crippen molar-refractivity contribution in [3.05, 3.63) is 44.1 Å². The molecule has 0 amide bonds. The van der Waals surface area contributed by atoms with Gasteiger partial charge >= 0.3 is 0 Å². The molecule has 3 rings (SSSR count). The molecule has 6 heteroatoms. The summed E-state index contributed by atoms with van der Waals surface area (Å²) in [5, 5.41) is 1.00. The first kappa shape index (κ1) is 12.8. The van der Waals surface area contributed by atoms with E-state index in [1.54, 1.807) is 17.4 Å². The summed E-state index contributed by atoms with van der Waals surface area (Å²) in [7, 11) is 0. The number of hydrogen-bond donors (Lipinski definition) is 1. The van der Waals surface area contributed by atoms with Crippen LogP contribution < -0.4 is 5.73 Å². The summed E-state index contributed by atoms with van der Waals surface area (Å²) in [6, 6.07) is 7.75. The second kappa shape index (κ2) is 4.71. The van der Waals surface area contributed by atoms with E-state index in [0.717, 1.165) is 11.0 Å². The third-order valence-electron chi connectivity index (χ3n) is 2.93. The minimum Gasteiger partial charge on any atom is -0.369 e. The van der Waals surface area contributed by atoms with E-state index in [1.165, 1.54) is 9.75 Å². The quantitative estimate of drug-likeness (QED) is 0.765. The van der Waals surface area contributed by atoms with Gasteiger partial charge in [0.2, 0.25) is 5.95 Å². The molecule has 0 bridgehead atoms. The second-order valence-corrected chi connectivity index (χ2v) is 6.51. The zero-order chi connectivity index (χ0) is 13.6. The van der Waals surface area contributed by atoms with Gasteiger partial charge in [0.25, 0.3) is 0 Å². The van der Waals surface area contributed by atoms with Crippen LogP contribution in [0.1, 0.15) is 9.75 Å². The van der Waals surface area contributed by atoms with Crippen molar-refractivity contribution in [2.75, 3.05) is 5.73 Å². The van der Waals surface area contributed by atoms with Crippen molar-refractivity contribution in [3.63, 3.8) is 0 Å². The highest BCUT2D eigenvalue weighted by Crippen LogP contribution is 2.30. The van der Waals surface area contributed by atoms with E-state index in [0.29, 0.717) is 22.5 Å². The molecule has 19 heavy (non-hydrogen) atoms. The van der Waals surface area contributed by atoms with Gasteiger partial charge in [0.15, 0.2) is 0 Å². The summed E-state index contributed by atoms with van der Waals surface area (Å²) >= 11 is 13.8. The fourth-order valence-corrected chi connectivity index (χ4v) is 3.23. The topological polar surface area (TPSA) is 43.8 Å². The smallest absolute Gasteiger partial charge is 0.201 e. The number of fused-ring (bicyclic) bond motifs is 1. The monoisotopic (exact) mass is 311 g/mol. The zero-order valence-electron chi connectivity index (χ0n) is 10.2. The van der Waals surface area contributed by atoms with Gasteiger partial charge in [0, 0.05) is 9.75 Å². The van der Waals surface area contributed by atoms with Crippen molar-refractivity contribution in [2.24, 2.45) is 0 Å². The lowest BCUT2D eigenvalue weighted by Crippen LogP contribution is -2.03. The Hall–Kier alpha value is -1.23.